The van der Waals surface area contributed by atoms with Gasteiger partial charge in [-0.05, 0) is 43.0 Å². The predicted molar refractivity (Wildman–Crippen MR) is 66.8 cm³/mol. The van der Waals surface area contributed by atoms with Crippen molar-refractivity contribution in [2.75, 3.05) is 19.8 Å². The first-order valence-electron chi connectivity index (χ1n) is 5.94. The Morgan fingerprint density at radius 3 is 2.56 bits per heavy atom. The number of phenols is 1. The number of hydrogen-bond donors (Lipinski definition) is 2. The molecule has 1 aromatic rings. The average Bonchev–Trinajstić information content (AvgIpc) is 3.13. The first kappa shape index (κ1) is 13.3. The van der Waals surface area contributed by atoms with Crippen molar-refractivity contribution in [2.24, 2.45) is 5.92 Å². The molecule has 2 N–H and O–H groups in total. The van der Waals surface area contributed by atoms with Crippen LogP contribution in [0.15, 0.2) is 29.2 Å². The van der Waals surface area contributed by atoms with Gasteiger partial charge in [0.05, 0.1) is 11.5 Å². The van der Waals surface area contributed by atoms with Gasteiger partial charge in [0.2, 0.25) is 10.0 Å². The van der Waals surface area contributed by atoms with Crippen LogP contribution in [0.5, 0.6) is 5.75 Å². The van der Waals surface area contributed by atoms with Gasteiger partial charge in [-0.25, -0.2) is 13.1 Å². The Kier molecular flexibility index (Phi) is 4.21. The molecule has 0 saturated heterocycles. The molecule has 1 fully saturated rings. The highest BCUT2D eigenvalue weighted by atomic mass is 32.2. The number of aromatic hydroxyl groups is 1. The summed E-state index contributed by atoms with van der Waals surface area (Å²) in [5.41, 5.74) is 0. The van der Waals surface area contributed by atoms with Gasteiger partial charge in [0.1, 0.15) is 5.75 Å². The van der Waals surface area contributed by atoms with Crippen LogP contribution in [0.2, 0.25) is 0 Å². The summed E-state index contributed by atoms with van der Waals surface area (Å²) < 4.78 is 31.4. The van der Waals surface area contributed by atoms with Crippen LogP contribution >= 0.6 is 0 Å². The molecule has 100 valence electrons. The number of benzene rings is 1. The lowest BCUT2D eigenvalue weighted by molar-refractivity contribution is 0.129. The van der Waals surface area contributed by atoms with E-state index in [1.54, 1.807) is 0 Å². The lowest BCUT2D eigenvalue weighted by atomic mass is 10.3. The third kappa shape index (κ3) is 3.97. The molecule has 0 atom stereocenters. The zero-order valence-corrected chi connectivity index (χ0v) is 10.8. The van der Waals surface area contributed by atoms with Crippen molar-refractivity contribution >= 4 is 10.0 Å². The fourth-order valence-corrected chi connectivity index (χ4v) is 2.50. The van der Waals surface area contributed by atoms with Crippen molar-refractivity contribution < 1.29 is 18.3 Å². The van der Waals surface area contributed by atoms with Gasteiger partial charge in [0, 0.05) is 13.2 Å². The summed E-state index contributed by atoms with van der Waals surface area (Å²) in [7, 11) is -3.50. The van der Waals surface area contributed by atoms with Crippen molar-refractivity contribution in [3.05, 3.63) is 24.3 Å². The van der Waals surface area contributed by atoms with Crippen molar-refractivity contribution in [1.82, 2.24) is 4.72 Å². The zero-order chi connectivity index (χ0) is 13.0. The number of rotatable bonds is 7. The maximum absolute atomic E-state index is 11.8. The molecular weight excluding hydrogens is 254 g/mol. The fourth-order valence-electron chi connectivity index (χ4n) is 1.49. The second-order valence-electron chi connectivity index (χ2n) is 4.41. The van der Waals surface area contributed by atoms with E-state index >= 15 is 0 Å². The first-order valence-corrected chi connectivity index (χ1v) is 7.43. The van der Waals surface area contributed by atoms with Crippen LogP contribution in [0.1, 0.15) is 12.8 Å². The number of ether oxygens (including phenoxy) is 1. The Hall–Kier alpha value is -1.11. The SMILES string of the molecule is O=S(=O)(NCCOCC1CC1)c1ccc(O)cc1. The van der Waals surface area contributed by atoms with Crippen LogP contribution in [0.4, 0.5) is 0 Å². The van der Waals surface area contributed by atoms with Crippen LogP contribution in [0.25, 0.3) is 0 Å². The molecule has 0 bridgehead atoms. The predicted octanol–water partition coefficient (Wildman–Crippen LogP) is 1.10. The molecule has 1 saturated carbocycles. The number of hydrogen-bond acceptors (Lipinski definition) is 4. The average molecular weight is 271 g/mol. The molecule has 1 aliphatic rings. The van der Waals surface area contributed by atoms with Crippen molar-refractivity contribution in [3.8, 4) is 5.75 Å². The third-order valence-electron chi connectivity index (χ3n) is 2.74. The van der Waals surface area contributed by atoms with E-state index in [2.05, 4.69) is 4.72 Å². The smallest absolute Gasteiger partial charge is 0.240 e. The van der Waals surface area contributed by atoms with Gasteiger partial charge >= 0.3 is 0 Å². The second-order valence-corrected chi connectivity index (χ2v) is 6.18. The fraction of sp³-hybridized carbons (Fsp3) is 0.500. The lowest BCUT2D eigenvalue weighted by Crippen LogP contribution is -2.27. The Labute approximate surface area is 107 Å². The summed E-state index contributed by atoms with van der Waals surface area (Å²) in [5, 5.41) is 9.09. The van der Waals surface area contributed by atoms with Crippen molar-refractivity contribution in [3.63, 3.8) is 0 Å². The van der Waals surface area contributed by atoms with Gasteiger partial charge in [0.15, 0.2) is 0 Å². The molecule has 0 heterocycles. The van der Waals surface area contributed by atoms with E-state index < -0.39 is 10.0 Å². The Morgan fingerprint density at radius 2 is 1.94 bits per heavy atom. The molecular formula is C12H17NO4S. The Morgan fingerprint density at radius 1 is 1.28 bits per heavy atom. The molecule has 0 aromatic heterocycles. The number of sulfonamides is 1. The van der Waals surface area contributed by atoms with Crippen LogP contribution in [-0.4, -0.2) is 33.3 Å². The van der Waals surface area contributed by atoms with Gasteiger partial charge in [-0.3, -0.25) is 0 Å². The maximum atomic E-state index is 11.8. The van der Waals surface area contributed by atoms with E-state index in [0.717, 1.165) is 6.61 Å². The molecule has 1 aliphatic carbocycles. The first-order chi connectivity index (χ1) is 8.58. The highest BCUT2D eigenvalue weighted by Gasteiger charge is 2.21. The third-order valence-corrected chi connectivity index (χ3v) is 4.21. The molecule has 6 heteroatoms. The van der Waals surface area contributed by atoms with Gasteiger partial charge in [-0.15, -0.1) is 0 Å². The van der Waals surface area contributed by atoms with Crippen LogP contribution in [0, 0.1) is 5.92 Å². The monoisotopic (exact) mass is 271 g/mol. The van der Waals surface area contributed by atoms with E-state index in [1.807, 2.05) is 0 Å². The zero-order valence-electron chi connectivity index (χ0n) is 10.0. The quantitative estimate of drug-likeness (QED) is 0.728. The normalized spacial score (nSPS) is 15.8. The van der Waals surface area contributed by atoms with Crippen LogP contribution in [-0.2, 0) is 14.8 Å². The molecule has 5 nitrogen and oxygen atoms in total. The largest absolute Gasteiger partial charge is 0.508 e. The summed E-state index contributed by atoms with van der Waals surface area (Å²) in [6.07, 6.45) is 2.44. The van der Waals surface area contributed by atoms with Crippen LogP contribution in [0.3, 0.4) is 0 Å². The molecule has 0 spiro atoms. The Balaban J connectivity index is 1.77. The molecule has 2 rings (SSSR count). The van der Waals surface area contributed by atoms with Gasteiger partial charge in [0.25, 0.3) is 0 Å². The summed E-state index contributed by atoms with van der Waals surface area (Å²) in [6, 6.07) is 5.42. The minimum absolute atomic E-state index is 0.0433. The molecule has 0 radical (unpaired) electrons. The highest BCUT2D eigenvalue weighted by Crippen LogP contribution is 2.28. The second kappa shape index (κ2) is 5.69. The standard InChI is InChI=1S/C12H17NO4S/c14-11-3-5-12(6-4-11)18(15,16)13-7-8-17-9-10-1-2-10/h3-6,10,13-14H,1-2,7-9H2. The van der Waals surface area contributed by atoms with Gasteiger partial charge in [-0.2, -0.15) is 0 Å². The van der Waals surface area contributed by atoms with Crippen LogP contribution < -0.4 is 4.72 Å². The molecule has 18 heavy (non-hydrogen) atoms. The summed E-state index contributed by atoms with van der Waals surface area (Å²) in [6.45, 7) is 1.37. The number of nitrogens with one attached hydrogen (secondary N) is 1. The van der Waals surface area contributed by atoms with E-state index in [9.17, 15) is 8.42 Å². The van der Waals surface area contributed by atoms with Crippen molar-refractivity contribution in [2.45, 2.75) is 17.7 Å². The summed E-state index contributed by atoms with van der Waals surface area (Å²) in [5.74, 6) is 0.723. The minimum Gasteiger partial charge on any atom is -0.508 e. The summed E-state index contributed by atoms with van der Waals surface area (Å²) >= 11 is 0. The number of phenolic OH excluding ortho intramolecular Hbond substituents is 1. The highest BCUT2D eigenvalue weighted by molar-refractivity contribution is 7.89. The van der Waals surface area contributed by atoms with Crippen molar-refractivity contribution in [1.29, 1.82) is 0 Å². The molecule has 1 aromatic carbocycles. The van der Waals surface area contributed by atoms with E-state index in [0.29, 0.717) is 12.5 Å². The molecule has 0 unspecified atom stereocenters. The van der Waals surface area contributed by atoms with Gasteiger partial charge < -0.3 is 9.84 Å². The van der Waals surface area contributed by atoms with E-state index in [-0.39, 0.29) is 17.2 Å². The molecule has 0 aliphatic heterocycles. The van der Waals surface area contributed by atoms with Gasteiger partial charge in [-0.1, -0.05) is 0 Å². The summed E-state index contributed by atoms with van der Waals surface area (Å²) in [4.78, 5) is 0.141. The topological polar surface area (TPSA) is 75.6 Å². The lowest BCUT2D eigenvalue weighted by Gasteiger charge is -2.07. The van der Waals surface area contributed by atoms with E-state index in [1.165, 1.54) is 37.1 Å². The minimum atomic E-state index is -3.50. The van der Waals surface area contributed by atoms with E-state index in [4.69, 9.17) is 9.84 Å². The maximum Gasteiger partial charge on any atom is 0.240 e. The Bertz CT molecular complexity index is 479. The molecule has 0 amide bonds.